The number of halogens is 1. The first-order chi connectivity index (χ1) is 14.9. The first-order valence-electron chi connectivity index (χ1n) is 11.0. The highest BCUT2D eigenvalue weighted by molar-refractivity contribution is 5.98. The Balaban J connectivity index is 1.43. The van der Waals surface area contributed by atoms with E-state index in [1.54, 1.807) is 21.7 Å². The zero-order valence-electron chi connectivity index (χ0n) is 18.2. The Morgan fingerprint density at radius 2 is 2.03 bits per heavy atom. The highest BCUT2D eigenvalue weighted by atomic mass is 19.1. The fourth-order valence-corrected chi connectivity index (χ4v) is 4.43. The van der Waals surface area contributed by atoms with Crippen LogP contribution in [0.4, 0.5) is 4.39 Å². The Bertz CT molecular complexity index is 969. The van der Waals surface area contributed by atoms with Gasteiger partial charge in [-0.1, -0.05) is 31.4 Å². The molecule has 0 spiro atoms. The van der Waals surface area contributed by atoms with E-state index >= 15 is 0 Å². The van der Waals surface area contributed by atoms with Gasteiger partial charge in [-0.2, -0.15) is 5.10 Å². The summed E-state index contributed by atoms with van der Waals surface area (Å²) in [6.45, 7) is 3.44. The number of carbonyl (C=O) groups is 2. The number of likely N-dealkylation sites (N-methyl/N-ethyl adjacent to an activating group) is 1. The predicted octanol–water partition coefficient (Wildman–Crippen LogP) is 2.72. The number of hydrogen-bond donors (Lipinski definition) is 2. The predicted molar refractivity (Wildman–Crippen MR) is 115 cm³/mol. The van der Waals surface area contributed by atoms with E-state index in [9.17, 15) is 14.0 Å². The number of hydrogen-bond acceptors (Lipinski definition) is 4. The molecule has 2 N–H and O–H groups in total. The van der Waals surface area contributed by atoms with Crippen LogP contribution in [-0.4, -0.2) is 51.7 Å². The molecular formula is C23H30FN5O2. The van der Waals surface area contributed by atoms with Crippen LogP contribution in [0.5, 0.6) is 0 Å². The maximum atomic E-state index is 13.3. The van der Waals surface area contributed by atoms with Gasteiger partial charge in [0.2, 0.25) is 0 Å². The van der Waals surface area contributed by atoms with Crippen molar-refractivity contribution in [1.29, 1.82) is 0 Å². The Kier molecular flexibility index (Phi) is 6.09. The lowest BCUT2D eigenvalue weighted by molar-refractivity contribution is 0.0430. The number of amides is 2. The van der Waals surface area contributed by atoms with E-state index in [2.05, 4.69) is 22.7 Å². The summed E-state index contributed by atoms with van der Waals surface area (Å²) < 4.78 is 15.0. The summed E-state index contributed by atoms with van der Waals surface area (Å²) in [6, 6.07) is 8.11. The Morgan fingerprint density at radius 3 is 2.77 bits per heavy atom. The molecule has 2 heterocycles. The van der Waals surface area contributed by atoms with Gasteiger partial charge in [-0.3, -0.25) is 14.3 Å². The second-order valence-electron chi connectivity index (χ2n) is 8.96. The van der Waals surface area contributed by atoms with Crippen LogP contribution >= 0.6 is 0 Å². The zero-order valence-corrected chi connectivity index (χ0v) is 18.2. The van der Waals surface area contributed by atoms with Crippen LogP contribution in [0.15, 0.2) is 30.3 Å². The van der Waals surface area contributed by atoms with Crippen molar-refractivity contribution in [3.8, 4) is 0 Å². The van der Waals surface area contributed by atoms with E-state index < -0.39 is 5.54 Å². The number of carbonyl (C=O) groups excluding carboxylic acids is 2. The fourth-order valence-electron chi connectivity index (χ4n) is 4.43. The van der Waals surface area contributed by atoms with Crippen LogP contribution in [0.1, 0.15) is 65.6 Å². The molecule has 1 aromatic carbocycles. The van der Waals surface area contributed by atoms with E-state index in [0.717, 1.165) is 0 Å². The molecule has 1 aliphatic heterocycles. The molecule has 1 unspecified atom stereocenters. The normalized spacial score (nSPS) is 21.8. The second-order valence-corrected chi connectivity index (χ2v) is 8.96. The summed E-state index contributed by atoms with van der Waals surface area (Å²) in [7, 11) is 1.81. The molecule has 2 aliphatic rings. The average molecular weight is 428 g/mol. The van der Waals surface area contributed by atoms with E-state index in [1.807, 2.05) is 7.05 Å². The number of nitrogens with one attached hydrogen (secondary N) is 2. The molecule has 1 atom stereocenters. The lowest BCUT2D eigenvalue weighted by Crippen LogP contribution is -2.60. The first kappa shape index (κ1) is 21.5. The van der Waals surface area contributed by atoms with E-state index in [1.165, 1.54) is 50.3 Å². The molecule has 1 aliphatic carbocycles. The van der Waals surface area contributed by atoms with Crippen LogP contribution in [-0.2, 0) is 13.1 Å². The van der Waals surface area contributed by atoms with Gasteiger partial charge in [0.25, 0.3) is 11.8 Å². The Hall–Kier alpha value is -2.74. The van der Waals surface area contributed by atoms with E-state index in [4.69, 9.17) is 0 Å². The highest BCUT2D eigenvalue weighted by Gasteiger charge is 2.41. The van der Waals surface area contributed by atoms with Crippen molar-refractivity contribution < 1.29 is 14.0 Å². The summed E-state index contributed by atoms with van der Waals surface area (Å²) in [5.74, 6) is -0.876. The van der Waals surface area contributed by atoms with Gasteiger partial charge in [0.1, 0.15) is 11.5 Å². The average Bonchev–Trinajstić information content (AvgIpc) is 3.19. The molecule has 0 bridgehead atoms. The molecule has 0 radical (unpaired) electrons. The number of fused-ring (bicyclic) bond motifs is 1. The minimum Gasteiger partial charge on any atom is -0.347 e. The second kappa shape index (κ2) is 8.78. The van der Waals surface area contributed by atoms with Gasteiger partial charge in [0, 0.05) is 32.2 Å². The monoisotopic (exact) mass is 427 g/mol. The first-order valence-corrected chi connectivity index (χ1v) is 11.0. The largest absolute Gasteiger partial charge is 0.347 e. The molecule has 1 fully saturated rings. The van der Waals surface area contributed by atoms with Crippen LogP contribution in [0.25, 0.3) is 0 Å². The molecule has 31 heavy (non-hydrogen) atoms. The third kappa shape index (κ3) is 4.63. The lowest BCUT2D eigenvalue weighted by atomic mass is 9.92. The number of rotatable bonds is 6. The van der Waals surface area contributed by atoms with Crippen LogP contribution in [0.2, 0.25) is 0 Å². The smallest absolute Gasteiger partial charge is 0.272 e. The highest BCUT2D eigenvalue weighted by Crippen LogP contribution is 2.26. The van der Waals surface area contributed by atoms with Crippen molar-refractivity contribution in [3.63, 3.8) is 0 Å². The van der Waals surface area contributed by atoms with Crippen molar-refractivity contribution in [1.82, 2.24) is 25.3 Å². The molecule has 8 heteroatoms. The van der Waals surface area contributed by atoms with E-state index in [-0.39, 0.29) is 29.9 Å². The van der Waals surface area contributed by atoms with Crippen LogP contribution in [0.3, 0.4) is 0 Å². The number of benzene rings is 1. The molecule has 4 rings (SSSR count). The lowest BCUT2D eigenvalue weighted by Gasteiger charge is -2.43. The van der Waals surface area contributed by atoms with Gasteiger partial charge in [-0.15, -0.1) is 0 Å². The molecule has 0 saturated heterocycles. The minimum atomic E-state index is -0.428. The molecule has 2 aromatic rings. The topological polar surface area (TPSA) is 79.3 Å². The molecule has 7 nitrogen and oxygen atoms in total. The van der Waals surface area contributed by atoms with Crippen LogP contribution in [0, 0.1) is 5.82 Å². The van der Waals surface area contributed by atoms with Gasteiger partial charge in [0.15, 0.2) is 5.69 Å². The third-order valence-corrected chi connectivity index (χ3v) is 6.56. The third-order valence-electron chi connectivity index (χ3n) is 6.56. The van der Waals surface area contributed by atoms with Gasteiger partial charge in [-0.25, -0.2) is 4.39 Å². The van der Waals surface area contributed by atoms with Gasteiger partial charge in [-0.05, 0) is 37.5 Å². The molecule has 1 aromatic heterocycles. The molecule has 1 saturated carbocycles. The zero-order chi connectivity index (χ0) is 22.0. The fraction of sp³-hybridized carbons (Fsp3) is 0.522. The molecular weight excluding hydrogens is 397 g/mol. The maximum absolute atomic E-state index is 13.3. The van der Waals surface area contributed by atoms with Crippen molar-refractivity contribution >= 4 is 11.8 Å². The minimum absolute atomic E-state index is 0.143. The van der Waals surface area contributed by atoms with Crippen molar-refractivity contribution in [3.05, 3.63) is 53.1 Å². The van der Waals surface area contributed by atoms with E-state index in [0.29, 0.717) is 30.4 Å². The summed E-state index contributed by atoms with van der Waals surface area (Å²) in [6.07, 6.45) is 6.16. The van der Waals surface area contributed by atoms with Crippen molar-refractivity contribution in [2.75, 3.05) is 13.6 Å². The van der Waals surface area contributed by atoms with Crippen molar-refractivity contribution in [2.24, 2.45) is 0 Å². The van der Waals surface area contributed by atoms with Crippen molar-refractivity contribution in [2.45, 2.75) is 63.7 Å². The van der Waals surface area contributed by atoms with Crippen LogP contribution < -0.4 is 10.6 Å². The van der Waals surface area contributed by atoms with Gasteiger partial charge >= 0.3 is 0 Å². The number of aromatic nitrogens is 2. The molecule has 166 valence electrons. The Labute approximate surface area is 182 Å². The van der Waals surface area contributed by atoms with Gasteiger partial charge < -0.3 is 15.5 Å². The summed E-state index contributed by atoms with van der Waals surface area (Å²) in [5, 5.41) is 10.8. The standard InChI is InChI=1S/C23H30FN5O2/c1-23(14-26-18-9-4-3-5-10-18)15-29-20(22(31)28(23)2)12-19(27-29)21(30)25-13-16-7-6-8-17(24)11-16/h6-8,11-12,18,26H,3-5,9-10,13-15H2,1-2H3,(H,25,30). The maximum Gasteiger partial charge on any atom is 0.272 e. The summed E-state index contributed by atoms with van der Waals surface area (Å²) in [5.41, 5.74) is 0.837. The molecule has 2 amide bonds. The SMILES string of the molecule is CN1C(=O)c2cc(C(=O)NCc3cccc(F)c3)nn2CC1(C)CNC1CCCCC1. The quantitative estimate of drug-likeness (QED) is 0.743. The summed E-state index contributed by atoms with van der Waals surface area (Å²) in [4.78, 5) is 27.3. The van der Waals surface area contributed by atoms with Gasteiger partial charge in [0.05, 0.1) is 12.1 Å². The number of nitrogens with zero attached hydrogens (tertiary/aromatic N) is 3. The summed E-state index contributed by atoms with van der Waals surface area (Å²) >= 11 is 0. The Morgan fingerprint density at radius 1 is 1.26 bits per heavy atom.